The van der Waals surface area contributed by atoms with E-state index in [0.717, 1.165) is 32.4 Å². The number of aliphatic hydroxyl groups is 1. The Hall–Kier alpha value is -1.18. The van der Waals surface area contributed by atoms with Crippen LogP contribution >= 0.6 is 0 Å². The van der Waals surface area contributed by atoms with Crippen LogP contribution in [0.5, 0.6) is 0 Å². The summed E-state index contributed by atoms with van der Waals surface area (Å²) in [6, 6.07) is 0.0427. The van der Waals surface area contributed by atoms with Crippen LogP contribution in [0.3, 0.4) is 0 Å². The van der Waals surface area contributed by atoms with Crippen molar-refractivity contribution in [2.45, 2.75) is 82.8 Å². The quantitative estimate of drug-likeness (QED) is 0.679. The molecule has 7 aliphatic rings. The van der Waals surface area contributed by atoms with Crippen molar-refractivity contribution in [1.82, 2.24) is 4.90 Å². The Morgan fingerprint density at radius 2 is 2.10 bits per heavy atom. The van der Waals surface area contributed by atoms with Crippen LogP contribution in [-0.2, 0) is 23.8 Å². The fourth-order valence-electron chi connectivity index (χ4n) is 9.93. The van der Waals surface area contributed by atoms with Crippen LogP contribution in [0.15, 0.2) is 0 Å². The lowest BCUT2D eigenvalue weighted by Crippen LogP contribution is -2.76. The van der Waals surface area contributed by atoms with Gasteiger partial charge in [0.05, 0.1) is 17.6 Å². The van der Waals surface area contributed by atoms with Crippen LogP contribution < -0.4 is 0 Å². The number of carbonyl (C=O) groups is 2. The number of likely N-dealkylation sites (tertiary alicyclic amines) is 1. The SMILES string of the molecule is CCN1C[C@]2(C)CC[C@H](OC)[C@@]34[C@@H]5C[C@@H]6CC[C@](O)([C@@H]([C@@H](OC(C)=O)[C@H]23)[C@@H]14)[C@H]5C(=O)O6. The molecule has 7 heteroatoms. The molecule has 0 aromatic rings. The molecule has 4 aliphatic carbocycles. The first kappa shape index (κ1) is 20.4. The maximum Gasteiger partial charge on any atom is 0.312 e. The molecule has 0 amide bonds. The molecule has 4 saturated carbocycles. The van der Waals surface area contributed by atoms with Gasteiger partial charge in [0.15, 0.2) is 0 Å². The van der Waals surface area contributed by atoms with Crippen LogP contribution in [0.4, 0.5) is 0 Å². The van der Waals surface area contributed by atoms with Crippen molar-refractivity contribution in [3.63, 3.8) is 0 Å². The molecule has 9 bridgehead atoms. The summed E-state index contributed by atoms with van der Waals surface area (Å²) in [5, 5.41) is 12.4. The third-order valence-electron chi connectivity index (χ3n) is 10.4. The second-order valence-corrected chi connectivity index (χ2v) is 11.4. The van der Waals surface area contributed by atoms with Crippen LogP contribution in [0.2, 0.25) is 0 Å². The van der Waals surface area contributed by atoms with Crippen molar-refractivity contribution in [3.05, 3.63) is 0 Å². The lowest BCUT2D eigenvalue weighted by molar-refractivity contribution is -0.269. The van der Waals surface area contributed by atoms with Crippen LogP contribution in [0.1, 0.15) is 52.9 Å². The monoisotopic (exact) mass is 433 g/mol. The molecule has 1 N–H and O–H groups in total. The Labute approximate surface area is 183 Å². The fourth-order valence-corrected chi connectivity index (χ4v) is 9.93. The Kier molecular flexibility index (Phi) is 4.11. The molecule has 7 rings (SSSR count). The zero-order chi connectivity index (χ0) is 21.9. The molecule has 1 spiro atoms. The van der Waals surface area contributed by atoms with E-state index in [1.165, 1.54) is 6.92 Å². The van der Waals surface area contributed by atoms with Gasteiger partial charge >= 0.3 is 11.9 Å². The average molecular weight is 434 g/mol. The second kappa shape index (κ2) is 6.23. The summed E-state index contributed by atoms with van der Waals surface area (Å²) in [5.41, 5.74) is -1.58. The molecule has 0 radical (unpaired) electrons. The number of nitrogens with zero attached hydrogens (tertiary/aromatic N) is 1. The first-order valence-electron chi connectivity index (χ1n) is 12.1. The molecule has 172 valence electrons. The lowest BCUT2D eigenvalue weighted by Gasteiger charge is -2.69. The molecular formula is C24H35NO6. The van der Waals surface area contributed by atoms with Gasteiger partial charge in [-0.25, -0.2) is 0 Å². The molecule has 0 aromatic carbocycles. The zero-order valence-corrected chi connectivity index (χ0v) is 19.0. The number of hydrogen-bond donors (Lipinski definition) is 1. The summed E-state index contributed by atoms with van der Waals surface area (Å²) in [5.74, 6) is -1.36. The highest BCUT2D eigenvalue weighted by Gasteiger charge is 2.85. The minimum atomic E-state index is -1.21. The first-order valence-corrected chi connectivity index (χ1v) is 12.1. The standard InChI is InChI=1S/C24H35NO6/c1-5-25-11-22(3)8-7-15(29-4)24-14-10-13-6-9-23(28,16(14)21(27)31-13)17(20(24)25)18(19(22)24)30-12(2)26/h13-20,28H,5-11H2,1-4H3/t13-,14+,15-,16+,17-,18+,19+,20+,22-,23+,24-/m0/s1. The number of ether oxygens (including phenoxy) is 3. The fraction of sp³-hybridized carbons (Fsp3) is 0.917. The van der Waals surface area contributed by atoms with Gasteiger partial charge in [-0.1, -0.05) is 13.8 Å². The van der Waals surface area contributed by atoms with Crippen molar-refractivity contribution in [2.75, 3.05) is 20.2 Å². The van der Waals surface area contributed by atoms with E-state index in [0.29, 0.717) is 12.8 Å². The molecule has 31 heavy (non-hydrogen) atoms. The number of piperidine rings is 1. The molecule has 3 saturated heterocycles. The zero-order valence-electron chi connectivity index (χ0n) is 19.0. The normalized spacial score (nSPS) is 56.7. The lowest BCUT2D eigenvalue weighted by atomic mass is 9.42. The molecule has 3 heterocycles. The van der Waals surface area contributed by atoms with E-state index in [1.807, 2.05) is 0 Å². The average Bonchev–Trinajstić information content (AvgIpc) is 2.77. The maximum atomic E-state index is 13.3. The number of carbonyl (C=O) groups excluding carboxylic acids is 2. The number of esters is 2. The Morgan fingerprint density at radius 3 is 2.77 bits per heavy atom. The number of fused-ring (bicyclic) bond motifs is 2. The van der Waals surface area contributed by atoms with Gasteiger partial charge in [0.1, 0.15) is 12.2 Å². The predicted octanol–water partition coefficient (Wildman–Crippen LogP) is 1.76. The first-order chi connectivity index (χ1) is 14.7. The van der Waals surface area contributed by atoms with Crippen LogP contribution in [0.25, 0.3) is 0 Å². The second-order valence-electron chi connectivity index (χ2n) is 11.4. The van der Waals surface area contributed by atoms with Crippen molar-refractivity contribution in [2.24, 2.45) is 34.5 Å². The summed E-state index contributed by atoms with van der Waals surface area (Å²) in [4.78, 5) is 28.2. The summed E-state index contributed by atoms with van der Waals surface area (Å²) in [6.45, 7) is 7.79. The van der Waals surface area contributed by atoms with Crippen molar-refractivity contribution in [1.29, 1.82) is 0 Å². The van der Waals surface area contributed by atoms with Crippen molar-refractivity contribution < 1.29 is 28.9 Å². The van der Waals surface area contributed by atoms with Gasteiger partial charge in [-0.15, -0.1) is 0 Å². The smallest absolute Gasteiger partial charge is 0.312 e. The molecule has 0 unspecified atom stereocenters. The van der Waals surface area contributed by atoms with Gasteiger partial charge in [-0.3, -0.25) is 14.5 Å². The van der Waals surface area contributed by atoms with Crippen LogP contribution in [-0.4, -0.2) is 72.1 Å². The Balaban J connectivity index is 1.66. The van der Waals surface area contributed by atoms with Crippen molar-refractivity contribution >= 4 is 11.9 Å². The predicted molar refractivity (Wildman–Crippen MR) is 110 cm³/mol. The molecule has 0 aromatic heterocycles. The number of rotatable bonds is 3. The highest BCUT2D eigenvalue weighted by molar-refractivity contribution is 5.77. The summed E-state index contributed by atoms with van der Waals surface area (Å²) >= 11 is 0. The highest BCUT2D eigenvalue weighted by atomic mass is 16.6. The molecule has 7 fully saturated rings. The van der Waals surface area contributed by atoms with E-state index in [2.05, 4.69) is 18.7 Å². The van der Waals surface area contributed by atoms with Gasteiger partial charge in [-0.2, -0.15) is 0 Å². The topological polar surface area (TPSA) is 85.3 Å². The van der Waals surface area contributed by atoms with Gasteiger partial charge in [0.25, 0.3) is 0 Å². The van der Waals surface area contributed by atoms with Gasteiger partial charge in [0, 0.05) is 43.9 Å². The van der Waals surface area contributed by atoms with Gasteiger partial charge in [0.2, 0.25) is 0 Å². The minimum Gasteiger partial charge on any atom is -0.462 e. The number of methoxy groups -OCH3 is 1. The third kappa shape index (κ3) is 2.17. The number of hydrogen-bond acceptors (Lipinski definition) is 7. The highest BCUT2D eigenvalue weighted by Crippen LogP contribution is 2.77. The van der Waals surface area contributed by atoms with Gasteiger partial charge < -0.3 is 19.3 Å². The van der Waals surface area contributed by atoms with E-state index in [4.69, 9.17) is 14.2 Å². The maximum absolute atomic E-state index is 13.3. The van der Waals surface area contributed by atoms with Crippen molar-refractivity contribution in [3.8, 4) is 0 Å². The largest absolute Gasteiger partial charge is 0.462 e. The summed E-state index contributed by atoms with van der Waals surface area (Å²) in [6.07, 6.45) is 3.36. The van der Waals surface area contributed by atoms with E-state index in [-0.39, 0.29) is 58.8 Å². The Morgan fingerprint density at radius 1 is 1.32 bits per heavy atom. The molecular weight excluding hydrogens is 398 g/mol. The minimum absolute atomic E-state index is 0.0167. The van der Waals surface area contributed by atoms with E-state index in [1.54, 1.807) is 7.11 Å². The van der Waals surface area contributed by atoms with E-state index < -0.39 is 17.6 Å². The van der Waals surface area contributed by atoms with E-state index >= 15 is 0 Å². The third-order valence-corrected chi connectivity index (χ3v) is 10.4. The van der Waals surface area contributed by atoms with Crippen LogP contribution in [0, 0.1) is 34.5 Å². The summed E-state index contributed by atoms with van der Waals surface area (Å²) < 4.78 is 18.2. The molecule has 7 nitrogen and oxygen atoms in total. The molecule has 3 aliphatic heterocycles. The Bertz CT molecular complexity index is 833. The molecule has 11 atom stereocenters. The van der Waals surface area contributed by atoms with E-state index in [9.17, 15) is 14.7 Å². The summed E-state index contributed by atoms with van der Waals surface area (Å²) in [7, 11) is 1.79. The van der Waals surface area contributed by atoms with Gasteiger partial charge in [-0.05, 0) is 50.0 Å².